The van der Waals surface area contributed by atoms with E-state index in [9.17, 15) is 4.79 Å². The number of aryl methyl sites for hydroxylation is 2. The zero-order chi connectivity index (χ0) is 18.4. The highest BCUT2D eigenvalue weighted by Gasteiger charge is 2.12. The lowest BCUT2D eigenvalue weighted by Crippen LogP contribution is -2.19. The summed E-state index contributed by atoms with van der Waals surface area (Å²) in [5, 5.41) is 8.95. The molecule has 0 spiro atoms. The highest BCUT2D eigenvalue weighted by atomic mass is 16.4. The van der Waals surface area contributed by atoms with Crippen LogP contribution in [-0.4, -0.2) is 35.6 Å². The van der Waals surface area contributed by atoms with E-state index < -0.39 is 5.97 Å². The molecule has 1 N–H and O–H groups in total. The van der Waals surface area contributed by atoms with E-state index in [1.807, 2.05) is 12.1 Å². The van der Waals surface area contributed by atoms with Crippen LogP contribution in [0, 0.1) is 6.92 Å². The number of carbonyl (C=O) groups is 1. The van der Waals surface area contributed by atoms with Crippen molar-refractivity contribution in [1.29, 1.82) is 0 Å². The van der Waals surface area contributed by atoms with Crippen molar-refractivity contribution >= 4 is 11.5 Å². The van der Waals surface area contributed by atoms with Crippen LogP contribution < -0.4 is 0 Å². The quantitative estimate of drug-likeness (QED) is 0.798. The van der Waals surface area contributed by atoms with Gasteiger partial charge in [-0.2, -0.15) is 0 Å². The van der Waals surface area contributed by atoms with Crippen molar-refractivity contribution in [3.05, 3.63) is 76.9 Å². The Labute approximate surface area is 156 Å². The summed E-state index contributed by atoms with van der Waals surface area (Å²) in [7, 11) is 0. The van der Waals surface area contributed by atoms with Gasteiger partial charge in [0, 0.05) is 13.0 Å². The molecule has 0 aromatic heterocycles. The van der Waals surface area contributed by atoms with Crippen molar-refractivity contribution in [2.45, 2.75) is 32.6 Å². The van der Waals surface area contributed by atoms with Crippen molar-refractivity contribution in [3.63, 3.8) is 0 Å². The van der Waals surface area contributed by atoms with Crippen molar-refractivity contribution in [2.24, 2.45) is 0 Å². The Bertz CT molecular complexity index is 771. The number of carboxylic acids is 1. The first kappa shape index (κ1) is 18.4. The van der Waals surface area contributed by atoms with Crippen LogP contribution in [0.1, 0.15) is 41.5 Å². The Hall–Kier alpha value is -2.39. The molecule has 0 aliphatic carbocycles. The largest absolute Gasteiger partial charge is 0.481 e. The first-order valence-electron chi connectivity index (χ1n) is 9.42. The number of nitrogens with zero attached hydrogens (tertiary/aromatic N) is 1. The van der Waals surface area contributed by atoms with Gasteiger partial charge < -0.3 is 5.11 Å². The Morgan fingerprint density at radius 3 is 2.50 bits per heavy atom. The van der Waals surface area contributed by atoms with E-state index >= 15 is 0 Å². The summed E-state index contributed by atoms with van der Waals surface area (Å²) in [5.41, 5.74) is 5.93. The number of likely N-dealkylation sites (tertiary alicyclic amines) is 1. The second-order valence-electron chi connectivity index (χ2n) is 7.09. The SMILES string of the molecule is Cc1ccc(C(=CCN2CCCC2)c2cccc(CCC(=O)O)c2)cc1. The summed E-state index contributed by atoms with van der Waals surface area (Å²) in [6.07, 6.45) is 5.64. The Morgan fingerprint density at radius 1 is 1.08 bits per heavy atom. The molecule has 3 heteroatoms. The summed E-state index contributed by atoms with van der Waals surface area (Å²) >= 11 is 0. The van der Waals surface area contributed by atoms with Crippen LogP contribution in [0.5, 0.6) is 0 Å². The monoisotopic (exact) mass is 349 g/mol. The van der Waals surface area contributed by atoms with Crippen molar-refractivity contribution in [3.8, 4) is 0 Å². The van der Waals surface area contributed by atoms with Gasteiger partial charge in [-0.15, -0.1) is 0 Å². The van der Waals surface area contributed by atoms with Gasteiger partial charge in [0.15, 0.2) is 0 Å². The van der Waals surface area contributed by atoms with Gasteiger partial charge in [0.1, 0.15) is 0 Å². The highest BCUT2D eigenvalue weighted by molar-refractivity contribution is 5.80. The van der Waals surface area contributed by atoms with Gasteiger partial charge in [0.25, 0.3) is 0 Å². The van der Waals surface area contributed by atoms with Crippen LogP contribution in [0.25, 0.3) is 5.57 Å². The van der Waals surface area contributed by atoms with Gasteiger partial charge in [0.05, 0.1) is 0 Å². The van der Waals surface area contributed by atoms with E-state index in [1.165, 1.54) is 42.6 Å². The van der Waals surface area contributed by atoms with E-state index in [4.69, 9.17) is 5.11 Å². The number of carboxylic acid groups (broad SMARTS) is 1. The topological polar surface area (TPSA) is 40.5 Å². The predicted octanol–water partition coefficient (Wildman–Crippen LogP) is 4.54. The molecule has 0 radical (unpaired) electrons. The minimum absolute atomic E-state index is 0.167. The zero-order valence-electron chi connectivity index (χ0n) is 15.4. The molecule has 0 amide bonds. The molecule has 2 aromatic rings. The standard InChI is InChI=1S/C23H27NO2/c1-18-7-10-20(11-8-18)22(13-16-24-14-2-3-15-24)21-6-4-5-19(17-21)9-12-23(25)26/h4-8,10-11,13,17H,2-3,9,12,14-16H2,1H3,(H,25,26). The minimum Gasteiger partial charge on any atom is -0.481 e. The predicted molar refractivity (Wildman–Crippen MR) is 106 cm³/mol. The smallest absolute Gasteiger partial charge is 0.303 e. The molecule has 0 bridgehead atoms. The summed E-state index contributed by atoms with van der Waals surface area (Å²) < 4.78 is 0. The molecular formula is C23H27NO2. The number of rotatable bonds is 7. The molecule has 0 saturated carbocycles. The lowest BCUT2D eigenvalue weighted by atomic mass is 9.94. The third-order valence-corrected chi connectivity index (χ3v) is 4.98. The summed E-state index contributed by atoms with van der Waals surface area (Å²) in [4.78, 5) is 13.4. The lowest BCUT2D eigenvalue weighted by molar-refractivity contribution is -0.136. The third kappa shape index (κ3) is 5.06. The number of hydrogen-bond acceptors (Lipinski definition) is 2. The van der Waals surface area contributed by atoms with E-state index in [0.29, 0.717) is 6.42 Å². The molecule has 1 heterocycles. The number of benzene rings is 2. The fraction of sp³-hybridized carbons (Fsp3) is 0.348. The van der Waals surface area contributed by atoms with Crippen LogP contribution in [0.2, 0.25) is 0 Å². The van der Waals surface area contributed by atoms with Crippen LogP contribution >= 0.6 is 0 Å². The van der Waals surface area contributed by atoms with Crippen molar-refractivity contribution in [2.75, 3.05) is 19.6 Å². The van der Waals surface area contributed by atoms with Gasteiger partial charge in [-0.1, -0.05) is 60.2 Å². The van der Waals surface area contributed by atoms with Crippen molar-refractivity contribution < 1.29 is 9.90 Å². The van der Waals surface area contributed by atoms with E-state index in [1.54, 1.807) is 0 Å². The Kier molecular flexibility index (Phi) is 6.24. The lowest BCUT2D eigenvalue weighted by Gasteiger charge is -2.15. The summed E-state index contributed by atoms with van der Waals surface area (Å²) in [5.74, 6) is -0.751. The fourth-order valence-corrected chi connectivity index (χ4v) is 3.47. The van der Waals surface area contributed by atoms with E-state index in [-0.39, 0.29) is 6.42 Å². The van der Waals surface area contributed by atoms with Gasteiger partial charge in [-0.3, -0.25) is 9.69 Å². The molecule has 3 rings (SSSR count). The average molecular weight is 349 g/mol. The first-order valence-corrected chi connectivity index (χ1v) is 9.42. The van der Waals surface area contributed by atoms with Crippen LogP contribution in [0.15, 0.2) is 54.6 Å². The summed E-state index contributed by atoms with van der Waals surface area (Å²) in [6.45, 7) is 5.42. The molecule has 1 fully saturated rings. The second-order valence-corrected chi connectivity index (χ2v) is 7.09. The van der Waals surface area contributed by atoms with Gasteiger partial charge in [-0.05, 0) is 61.5 Å². The van der Waals surface area contributed by atoms with Crippen LogP contribution in [0.4, 0.5) is 0 Å². The van der Waals surface area contributed by atoms with Gasteiger partial charge >= 0.3 is 5.97 Å². The maximum absolute atomic E-state index is 10.9. The van der Waals surface area contributed by atoms with Crippen LogP contribution in [-0.2, 0) is 11.2 Å². The van der Waals surface area contributed by atoms with E-state index in [2.05, 4.69) is 54.3 Å². The maximum Gasteiger partial charge on any atom is 0.303 e. The molecule has 0 unspecified atom stereocenters. The maximum atomic E-state index is 10.9. The molecule has 1 saturated heterocycles. The number of hydrogen-bond donors (Lipinski definition) is 1. The molecule has 0 atom stereocenters. The normalized spacial score (nSPS) is 15.3. The van der Waals surface area contributed by atoms with Crippen molar-refractivity contribution in [1.82, 2.24) is 4.90 Å². The third-order valence-electron chi connectivity index (χ3n) is 4.98. The Morgan fingerprint density at radius 2 is 1.81 bits per heavy atom. The Balaban J connectivity index is 1.89. The fourth-order valence-electron chi connectivity index (χ4n) is 3.47. The molecule has 2 aromatic carbocycles. The van der Waals surface area contributed by atoms with Crippen LogP contribution in [0.3, 0.4) is 0 Å². The zero-order valence-corrected chi connectivity index (χ0v) is 15.4. The summed E-state index contributed by atoms with van der Waals surface area (Å²) in [6, 6.07) is 17.0. The second kappa shape index (κ2) is 8.81. The van der Waals surface area contributed by atoms with E-state index in [0.717, 1.165) is 17.7 Å². The molecule has 136 valence electrons. The molecular weight excluding hydrogens is 322 g/mol. The minimum atomic E-state index is -0.751. The van der Waals surface area contributed by atoms with Gasteiger partial charge in [-0.25, -0.2) is 0 Å². The van der Waals surface area contributed by atoms with Gasteiger partial charge in [0.2, 0.25) is 0 Å². The molecule has 3 nitrogen and oxygen atoms in total. The number of aliphatic carboxylic acids is 1. The first-order chi connectivity index (χ1) is 12.6. The average Bonchev–Trinajstić information content (AvgIpc) is 3.15. The highest BCUT2D eigenvalue weighted by Crippen LogP contribution is 2.25. The molecule has 26 heavy (non-hydrogen) atoms. The molecule has 1 aliphatic rings. The molecule has 1 aliphatic heterocycles.